The molecule has 1 atom stereocenters. The lowest BCUT2D eigenvalue weighted by atomic mass is 10.1. The molecule has 19 heavy (non-hydrogen) atoms. The van der Waals surface area contributed by atoms with Crippen molar-refractivity contribution in [1.29, 1.82) is 0 Å². The highest BCUT2D eigenvalue weighted by molar-refractivity contribution is 5.95. The second kappa shape index (κ2) is 5.27. The summed E-state index contributed by atoms with van der Waals surface area (Å²) in [6.07, 6.45) is 0. The van der Waals surface area contributed by atoms with Crippen LogP contribution in [0.5, 0.6) is 5.75 Å². The van der Waals surface area contributed by atoms with Crippen LogP contribution >= 0.6 is 0 Å². The lowest BCUT2D eigenvalue weighted by molar-refractivity contribution is -0.142. The van der Waals surface area contributed by atoms with E-state index < -0.39 is 12.0 Å². The predicted molar refractivity (Wildman–Crippen MR) is 69.1 cm³/mol. The quantitative estimate of drug-likeness (QED) is 0.845. The van der Waals surface area contributed by atoms with Crippen molar-refractivity contribution in [1.82, 2.24) is 4.90 Å². The number of nitrogens with one attached hydrogen (secondary N) is 1. The third-order valence-electron chi connectivity index (χ3n) is 3.13. The molecule has 1 amide bonds. The van der Waals surface area contributed by atoms with Crippen LogP contribution in [0.15, 0.2) is 18.2 Å². The minimum absolute atomic E-state index is 0.0301. The van der Waals surface area contributed by atoms with E-state index in [0.29, 0.717) is 18.0 Å². The first-order chi connectivity index (χ1) is 8.97. The average molecular weight is 264 g/mol. The minimum atomic E-state index is -0.864. The summed E-state index contributed by atoms with van der Waals surface area (Å²) >= 11 is 0. The Labute approximate surface area is 111 Å². The number of carbonyl (C=O) groups excluding carboxylic acids is 1. The van der Waals surface area contributed by atoms with Gasteiger partial charge in [0.05, 0.1) is 5.69 Å². The van der Waals surface area contributed by atoms with Crippen molar-refractivity contribution in [3.63, 3.8) is 0 Å². The number of carbonyl (C=O) groups is 2. The highest BCUT2D eigenvalue weighted by atomic mass is 16.5. The first kappa shape index (κ1) is 13.4. The Morgan fingerprint density at radius 2 is 2.32 bits per heavy atom. The summed E-state index contributed by atoms with van der Waals surface area (Å²) in [7, 11) is 1.74. The summed E-state index contributed by atoms with van der Waals surface area (Å²) in [5.41, 5.74) is 1.55. The molecular weight excluding hydrogens is 248 g/mol. The highest BCUT2D eigenvalue weighted by Gasteiger charge is 2.19. The van der Waals surface area contributed by atoms with Gasteiger partial charge >= 0.3 is 5.97 Å². The van der Waals surface area contributed by atoms with Crippen LogP contribution in [-0.2, 0) is 16.1 Å². The first-order valence-corrected chi connectivity index (χ1v) is 5.96. The van der Waals surface area contributed by atoms with Crippen molar-refractivity contribution < 1.29 is 19.4 Å². The number of carboxylic acid groups (broad SMARTS) is 1. The van der Waals surface area contributed by atoms with Gasteiger partial charge in [-0.3, -0.25) is 14.5 Å². The summed E-state index contributed by atoms with van der Waals surface area (Å²) < 4.78 is 5.26. The summed E-state index contributed by atoms with van der Waals surface area (Å²) in [5, 5.41) is 11.7. The van der Waals surface area contributed by atoms with Crippen molar-refractivity contribution in [2.45, 2.75) is 19.5 Å². The molecule has 0 fully saturated rings. The molecule has 1 aliphatic heterocycles. The third kappa shape index (κ3) is 3.03. The van der Waals surface area contributed by atoms with Gasteiger partial charge in [0.15, 0.2) is 6.61 Å². The van der Waals surface area contributed by atoms with E-state index in [-0.39, 0.29) is 12.5 Å². The zero-order chi connectivity index (χ0) is 14.0. The van der Waals surface area contributed by atoms with Gasteiger partial charge in [0.25, 0.3) is 5.91 Å². The van der Waals surface area contributed by atoms with Gasteiger partial charge in [-0.15, -0.1) is 0 Å². The Morgan fingerprint density at radius 1 is 1.58 bits per heavy atom. The topological polar surface area (TPSA) is 78.9 Å². The van der Waals surface area contributed by atoms with Gasteiger partial charge < -0.3 is 15.2 Å². The molecule has 2 rings (SSSR count). The highest BCUT2D eigenvalue weighted by Crippen LogP contribution is 2.28. The van der Waals surface area contributed by atoms with Gasteiger partial charge in [-0.25, -0.2) is 0 Å². The van der Waals surface area contributed by atoms with Crippen LogP contribution in [0.4, 0.5) is 5.69 Å². The molecule has 1 aromatic rings. The van der Waals surface area contributed by atoms with E-state index in [4.69, 9.17) is 9.84 Å². The van der Waals surface area contributed by atoms with E-state index in [1.54, 1.807) is 31.0 Å². The maximum atomic E-state index is 11.2. The number of hydrogen-bond donors (Lipinski definition) is 2. The maximum Gasteiger partial charge on any atom is 0.320 e. The Balaban J connectivity index is 2.12. The van der Waals surface area contributed by atoms with Gasteiger partial charge in [-0.1, -0.05) is 6.07 Å². The molecule has 1 heterocycles. The molecule has 6 nitrogen and oxygen atoms in total. The SMILES string of the molecule is CC(C(=O)O)N(C)Cc1ccc2c(c1)NC(=O)CO2. The number of fused-ring (bicyclic) bond motifs is 1. The van der Waals surface area contributed by atoms with E-state index in [2.05, 4.69) is 5.32 Å². The van der Waals surface area contributed by atoms with Crippen molar-refractivity contribution in [3.05, 3.63) is 23.8 Å². The van der Waals surface area contributed by atoms with Gasteiger partial charge in [0, 0.05) is 6.54 Å². The lowest BCUT2D eigenvalue weighted by Gasteiger charge is -2.23. The number of hydrogen-bond acceptors (Lipinski definition) is 4. The molecule has 0 bridgehead atoms. The molecule has 0 spiro atoms. The van der Waals surface area contributed by atoms with Crippen LogP contribution < -0.4 is 10.1 Å². The molecule has 0 aromatic heterocycles. The van der Waals surface area contributed by atoms with Crippen LogP contribution in [0.3, 0.4) is 0 Å². The van der Waals surface area contributed by atoms with Gasteiger partial charge in [-0.05, 0) is 31.7 Å². The Bertz CT molecular complexity index is 515. The van der Waals surface area contributed by atoms with E-state index in [1.165, 1.54) is 0 Å². The average Bonchev–Trinajstić information content (AvgIpc) is 2.37. The van der Waals surface area contributed by atoms with Gasteiger partial charge in [0.2, 0.25) is 0 Å². The standard InChI is InChI=1S/C13H16N2O4/c1-8(13(17)18)15(2)6-9-3-4-11-10(5-9)14-12(16)7-19-11/h3-5,8H,6-7H2,1-2H3,(H,14,16)(H,17,18). The molecule has 1 unspecified atom stereocenters. The molecule has 0 saturated carbocycles. The fraction of sp³-hybridized carbons (Fsp3) is 0.385. The normalized spacial score (nSPS) is 15.4. The van der Waals surface area contributed by atoms with Crippen LogP contribution in [0.1, 0.15) is 12.5 Å². The zero-order valence-corrected chi connectivity index (χ0v) is 10.8. The second-order valence-corrected chi connectivity index (χ2v) is 4.60. The van der Waals surface area contributed by atoms with Gasteiger partial charge in [-0.2, -0.15) is 0 Å². The Hall–Kier alpha value is -2.08. The monoisotopic (exact) mass is 264 g/mol. The minimum Gasteiger partial charge on any atom is -0.482 e. The molecule has 1 aliphatic rings. The largest absolute Gasteiger partial charge is 0.482 e. The van der Waals surface area contributed by atoms with Crippen molar-refractivity contribution in [2.75, 3.05) is 19.0 Å². The van der Waals surface area contributed by atoms with Gasteiger partial charge in [0.1, 0.15) is 11.8 Å². The van der Waals surface area contributed by atoms with Crippen LogP contribution in [-0.4, -0.2) is 41.6 Å². The number of anilines is 1. The lowest BCUT2D eigenvalue weighted by Crippen LogP contribution is -2.35. The number of carboxylic acids is 1. The van der Waals surface area contributed by atoms with Crippen LogP contribution in [0.2, 0.25) is 0 Å². The molecule has 102 valence electrons. The number of likely N-dealkylation sites (N-methyl/N-ethyl adjacent to an activating group) is 1. The maximum absolute atomic E-state index is 11.2. The summed E-state index contributed by atoms with van der Waals surface area (Å²) in [6.45, 7) is 2.14. The number of amides is 1. The van der Waals surface area contributed by atoms with Crippen molar-refractivity contribution in [2.24, 2.45) is 0 Å². The van der Waals surface area contributed by atoms with Crippen LogP contribution in [0.25, 0.3) is 0 Å². The van der Waals surface area contributed by atoms with E-state index in [1.807, 2.05) is 6.07 Å². The summed E-state index contributed by atoms with van der Waals surface area (Å²) in [6, 6.07) is 4.88. The summed E-state index contributed by atoms with van der Waals surface area (Å²) in [4.78, 5) is 23.8. The first-order valence-electron chi connectivity index (χ1n) is 5.96. The van der Waals surface area contributed by atoms with E-state index in [0.717, 1.165) is 5.56 Å². The molecular formula is C13H16N2O4. The zero-order valence-electron chi connectivity index (χ0n) is 10.8. The smallest absolute Gasteiger partial charge is 0.320 e. The molecule has 0 aliphatic carbocycles. The number of nitrogens with zero attached hydrogens (tertiary/aromatic N) is 1. The predicted octanol–water partition coefficient (Wildman–Crippen LogP) is 0.922. The molecule has 0 radical (unpaired) electrons. The fourth-order valence-corrected chi connectivity index (χ4v) is 1.84. The Kier molecular flexibility index (Phi) is 3.71. The van der Waals surface area contributed by atoms with E-state index >= 15 is 0 Å². The third-order valence-corrected chi connectivity index (χ3v) is 3.13. The summed E-state index contributed by atoms with van der Waals surface area (Å²) in [5.74, 6) is -0.411. The second-order valence-electron chi connectivity index (χ2n) is 4.60. The molecule has 2 N–H and O–H groups in total. The van der Waals surface area contributed by atoms with Crippen molar-refractivity contribution >= 4 is 17.6 Å². The molecule has 0 saturated heterocycles. The Morgan fingerprint density at radius 3 is 3.00 bits per heavy atom. The van der Waals surface area contributed by atoms with E-state index in [9.17, 15) is 9.59 Å². The van der Waals surface area contributed by atoms with Crippen LogP contribution in [0, 0.1) is 0 Å². The number of rotatable bonds is 4. The number of benzene rings is 1. The molecule has 1 aromatic carbocycles. The molecule has 6 heteroatoms. The number of ether oxygens (including phenoxy) is 1. The van der Waals surface area contributed by atoms with Crippen molar-refractivity contribution in [3.8, 4) is 5.75 Å². The fourth-order valence-electron chi connectivity index (χ4n) is 1.84. The number of aliphatic carboxylic acids is 1.